The number of nitrogens with zero attached hydrogens (tertiary/aromatic N) is 3. The lowest BCUT2D eigenvalue weighted by atomic mass is 10.1. The Bertz CT molecular complexity index is 577. The van der Waals surface area contributed by atoms with Crippen molar-refractivity contribution in [2.45, 2.75) is 19.5 Å². The Morgan fingerprint density at radius 3 is 2.75 bits per heavy atom. The van der Waals surface area contributed by atoms with Gasteiger partial charge in [0.2, 0.25) is 5.95 Å². The quantitative estimate of drug-likeness (QED) is 0.920. The number of benzene rings is 1. The molecule has 2 aromatic rings. The lowest BCUT2D eigenvalue weighted by Crippen LogP contribution is -2.20. The first kappa shape index (κ1) is 14.9. The molecule has 0 aliphatic rings. The van der Waals surface area contributed by atoms with Crippen molar-refractivity contribution in [3.8, 4) is 0 Å². The van der Waals surface area contributed by atoms with Gasteiger partial charge in [-0.05, 0) is 24.6 Å². The van der Waals surface area contributed by atoms with Crippen LogP contribution in [0.2, 0.25) is 5.02 Å². The average Bonchev–Trinajstić information content (AvgIpc) is 2.77. The number of nitrogens with one attached hydrogen (secondary N) is 1. The van der Waals surface area contributed by atoms with Gasteiger partial charge in [-0.2, -0.15) is 0 Å². The molecule has 0 aliphatic heterocycles. The van der Waals surface area contributed by atoms with Crippen LogP contribution >= 0.6 is 11.6 Å². The fourth-order valence-corrected chi connectivity index (χ4v) is 2.36. The SMILES string of the molecule is C[C@@H](NCc1cnc(N(C)C)n1C)c1cccc(Cl)c1. The standard InChI is InChI=1S/C15H21ClN4/c1-11(12-6-5-7-13(16)8-12)17-9-14-10-18-15(19(2)3)20(14)4/h5-8,10-11,17H,9H2,1-4H3/t11-/m1/s1. The average molecular weight is 293 g/mol. The van der Waals surface area contributed by atoms with Crippen molar-refractivity contribution in [3.63, 3.8) is 0 Å². The third kappa shape index (κ3) is 3.32. The molecule has 4 nitrogen and oxygen atoms in total. The molecule has 1 heterocycles. The lowest BCUT2D eigenvalue weighted by molar-refractivity contribution is 0.558. The van der Waals surface area contributed by atoms with Gasteiger partial charge < -0.3 is 14.8 Å². The summed E-state index contributed by atoms with van der Waals surface area (Å²) < 4.78 is 2.09. The minimum Gasteiger partial charge on any atom is -0.348 e. The predicted octanol–water partition coefficient (Wildman–Crippen LogP) is 2.99. The van der Waals surface area contributed by atoms with E-state index in [0.29, 0.717) is 0 Å². The van der Waals surface area contributed by atoms with Crippen LogP contribution in [0.4, 0.5) is 5.95 Å². The molecular weight excluding hydrogens is 272 g/mol. The van der Waals surface area contributed by atoms with Crippen LogP contribution in [0.5, 0.6) is 0 Å². The zero-order valence-electron chi connectivity index (χ0n) is 12.4. The Kier molecular flexibility index (Phi) is 4.68. The molecule has 0 unspecified atom stereocenters. The van der Waals surface area contributed by atoms with Crippen LogP contribution in [-0.2, 0) is 13.6 Å². The molecule has 1 N–H and O–H groups in total. The molecule has 0 amide bonds. The summed E-state index contributed by atoms with van der Waals surface area (Å²) in [4.78, 5) is 6.41. The molecule has 5 heteroatoms. The van der Waals surface area contributed by atoms with E-state index in [0.717, 1.165) is 23.2 Å². The highest BCUT2D eigenvalue weighted by Gasteiger charge is 2.10. The second kappa shape index (κ2) is 6.29. The number of aromatic nitrogens is 2. The van der Waals surface area contributed by atoms with Gasteiger partial charge in [-0.1, -0.05) is 23.7 Å². The van der Waals surface area contributed by atoms with E-state index in [-0.39, 0.29) is 6.04 Å². The molecule has 2 rings (SSSR count). The van der Waals surface area contributed by atoms with Crippen LogP contribution in [0, 0.1) is 0 Å². The number of halogens is 1. The van der Waals surface area contributed by atoms with Crippen LogP contribution in [0.25, 0.3) is 0 Å². The van der Waals surface area contributed by atoms with Crippen LogP contribution in [0.3, 0.4) is 0 Å². The Morgan fingerprint density at radius 2 is 2.15 bits per heavy atom. The molecule has 0 fully saturated rings. The first-order valence-electron chi connectivity index (χ1n) is 6.66. The van der Waals surface area contributed by atoms with Crippen molar-refractivity contribution in [2.24, 2.45) is 7.05 Å². The number of imidazole rings is 1. The van der Waals surface area contributed by atoms with Gasteiger partial charge in [-0.3, -0.25) is 0 Å². The summed E-state index contributed by atoms with van der Waals surface area (Å²) in [6.45, 7) is 2.90. The summed E-state index contributed by atoms with van der Waals surface area (Å²) in [6, 6.07) is 8.18. The van der Waals surface area contributed by atoms with Gasteiger partial charge >= 0.3 is 0 Å². The highest BCUT2D eigenvalue weighted by Crippen LogP contribution is 2.18. The van der Waals surface area contributed by atoms with Crippen molar-refractivity contribution in [2.75, 3.05) is 19.0 Å². The molecule has 1 aromatic carbocycles. The molecule has 0 spiro atoms. The van der Waals surface area contributed by atoms with Crippen LogP contribution in [-0.4, -0.2) is 23.6 Å². The van der Waals surface area contributed by atoms with E-state index in [1.165, 1.54) is 5.56 Å². The molecule has 1 atom stereocenters. The highest BCUT2D eigenvalue weighted by atomic mass is 35.5. The largest absolute Gasteiger partial charge is 0.348 e. The highest BCUT2D eigenvalue weighted by molar-refractivity contribution is 6.30. The third-order valence-electron chi connectivity index (χ3n) is 3.40. The molecule has 1 aromatic heterocycles. The zero-order chi connectivity index (χ0) is 14.7. The summed E-state index contributed by atoms with van der Waals surface area (Å²) in [6.07, 6.45) is 1.91. The van der Waals surface area contributed by atoms with E-state index in [9.17, 15) is 0 Å². The van der Waals surface area contributed by atoms with Gasteiger partial charge in [0, 0.05) is 38.8 Å². The monoisotopic (exact) mass is 292 g/mol. The Hall–Kier alpha value is -1.52. The number of hydrogen-bond donors (Lipinski definition) is 1. The molecule has 20 heavy (non-hydrogen) atoms. The molecule has 0 aliphatic carbocycles. The predicted molar refractivity (Wildman–Crippen MR) is 84.2 cm³/mol. The van der Waals surface area contributed by atoms with Crippen molar-refractivity contribution in [1.82, 2.24) is 14.9 Å². The Labute approximate surface area is 125 Å². The van der Waals surface area contributed by atoms with Crippen molar-refractivity contribution in [1.29, 1.82) is 0 Å². The normalized spacial score (nSPS) is 12.4. The molecular formula is C15H21ClN4. The molecule has 0 saturated carbocycles. The van der Waals surface area contributed by atoms with Crippen LogP contribution in [0.1, 0.15) is 24.2 Å². The minimum atomic E-state index is 0.242. The van der Waals surface area contributed by atoms with E-state index < -0.39 is 0 Å². The second-order valence-corrected chi connectivity index (χ2v) is 5.60. The number of anilines is 1. The van der Waals surface area contributed by atoms with Crippen molar-refractivity contribution >= 4 is 17.5 Å². The lowest BCUT2D eigenvalue weighted by Gasteiger charge is -2.16. The molecule has 0 radical (unpaired) electrons. The maximum atomic E-state index is 6.02. The van der Waals surface area contributed by atoms with Gasteiger partial charge in [0.05, 0.1) is 11.9 Å². The van der Waals surface area contributed by atoms with Gasteiger partial charge in [0.25, 0.3) is 0 Å². The second-order valence-electron chi connectivity index (χ2n) is 5.16. The van der Waals surface area contributed by atoms with Crippen molar-refractivity contribution in [3.05, 3.63) is 46.7 Å². The summed E-state index contributed by atoms with van der Waals surface area (Å²) in [5.41, 5.74) is 2.34. The zero-order valence-corrected chi connectivity index (χ0v) is 13.1. The summed E-state index contributed by atoms with van der Waals surface area (Å²) in [5, 5.41) is 4.27. The van der Waals surface area contributed by atoms with E-state index in [1.807, 2.05) is 50.4 Å². The van der Waals surface area contributed by atoms with Gasteiger partial charge in [0.15, 0.2) is 0 Å². The fraction of sp³-hybridized carbons (Fsp3) is 0.400. The minimum absolute atomic E-state index is 0.242. The maximum absolute atomic E-state index is 6.02. The molecule has 0 saturated heterocycles. The summed E-state index contributed by atoms with van der Waals surface area (Å²) in [7, 11) is 6.02. The van der Waals surface area contributed by atoms with E-state index in [2.05, 4.69) is 27.9 Å². The first-order chi connectivity index (χ1) is 9.49. The number of rotatable bonds is 5. The summed E-state index contributed by atoms with van der Waals surface area (Å²) in [5.74, 6) is 0.956. The van der Waals surface area contributed by atoms with E-state index in [1.54, 1.807) is 0 Å². The van der Waals surface area contributed by atoms with Gasteiger partial charge in [0.1, 0.15) is 0 Å². The Balaban J connectivity index is 2.02. The van der Waals surface area contributed by atoms with Gasteiger partial charge in [-0.25, -0.2) is 4.98 Å². The van der Waals surface area contributed by atoms with Crippen molar-refractivity contribution < 1.29 is 0 Å². The first-order valence-corrected chi connectivity index (χ1v) is 7.03. The fourth-order valence-electron chi connectivity index (χ4n) is 2.17. The molecule has 0 bridgehead atoms. The third-order valence-corrected chi connectivity index (χ3v) is 3.63. The topological polar surface area (TPSA) is 33.1 Å². The smallest absolute Gasteiger partial charge is 0.204 e. The van der Waals surface area contributed by atoms with Gasteiger partial charge in [-0.15, -0.1) is 0 Å². The van der Waals surface area contributed by atoms with Crippen LogP contribution < -0.4 is 10.2 Å². The molecule has 108 valence electrons. The van der Waals surface area contributed by atoms with Crippen LogP contribution in [0.15, 0.2) is 30.5 Å². The Morgan fingerprint density at radius 1 is 1.40 bits per heavy atom. The summed E-state index contributed by atoms with van der Waals surface area (Å²) >= 11 is 6.02. The van der Waals surface area contributed by atoms with E-state index in [4.69, 9.17) is 11.6 Å². The maximum Gasteiger partial charge on any atom is 0.204 e. The van der Waals surface area contributed by atoms with E-state index >= 15 is 0 Å². The number of hydrogen-bond acceptors (Lipinski definition) is 3.